The summed E-state index contributed by atoms with van der Waals surface area (Å²) in [6, 6.07) is 0. The Kier molecular flexibility index (Phi) is 3.88. The molecule has 3 heterocycles. The van der Waals surface area contributed by atoms with E-state index in [2.05, 4.69) is 15.4 Å². The van der Waals surface area contributed by atoms with Crippen molar-refractivity contribution in [2.24, 2.45) is 7.05 Å². The molecule has 1 saturated heterocycles. The monoisotopic (exact) mass is 377 g/mol. The van der Waals surface area contributed by atoms with Gasteiger partial charge in [-0.05, 0) is 12.8 Å². The van der Waals surface area contributed by atoms with Crippen LogP contribution in [0.5, 0.6) is 0 Å². The lowest BCUT2D eigenvalue weighted by molar-refractivity contribution is -0.127. The predicted octanol–water partition coefficient (Wildman–Crippen LogP) is 1.66. The Balaban J connectivity index is 1.48. The van der Waals surface area contributed by atoms with E-state index in [-0.39, 0.29) is 23.5 Å². The molecule has 130 valence electrons. The van der Waals surface area contributed by atoms with Crippen molar-refractivity contribution in [3.63, 3.8) is 0 Å². The number of aryl methyl sites for hydroxylation is 2. The zero-order valence-electron chi connectivity index (χ0n) is 13.6. The first-order valence-electron chi connectivity index (χ1n) is 7.73. The summed E-state index contributed by atoms with van der Waals surface area (Å²) < 4.78 is 1.85. The van der Waals surface area contributed by atoms with Crippen molar-refractivity contribution in [3.05, 3.63) is 16.8 Å². The molecule has 10 heteroatoms. The Morgan fingerprint density at radius 3 is 2.88 bits per heavy atom. The SMILES string of the molecule is CN1C(=O)S[C@H](CC(=O)Nc2nc3c(s2)CCc2c-3cnn2C)C1=O. The highest BCUT2D eigenvalue weighted by molar-refractivity contribution is 8.15. The summed E-state index contributed by atoms with van der Waals surface area (Å²) >= 11 is 2.34. The summed E-state index contributed by atoms with van der Waals surface area (Å²) in [5.41, 5.74) is 3.02. The van der Waals surface area contributed by atoms with Gasteiger partial charge in [0.15, 0.2) is 5.13 Å². The number of thiazole rings is 1. The summed E-state index contributed by atoms with van der Waals surface area (Å²) in [7, 11) is 3.34. The van der Waals surface area contributed by atoms with Crippen molar-refractivity contribution in [1.29, 1.82) is 0 Å². The molecule has 8 nitrogen and oxygen atoms in total. The summed E-state index contributed by atoms with van der Waals surface area (Å²) in [6.45, 7) is 0. The van der Waals surface area contributed by atoms with Gasteiger partial charge in [-0.25, -0.2) is 4.98 Å². The van der Waals surface area contributed by atoms with Crippen LogP contribution < -0.4 is 5.32 Å². The van der Waals surface area contributed by atoms with Crippen LogP contribution in [0.4, 0.5) is 9.93 Å². The van der Waals surface area contributed by atoms with Crippen molar-refractivity contribution < 1.29 is 14.4 Å². The highest BCUT2D eigenvalue weighted by atomic mass is 32.2. The summed E-state index contributed by atoms with van der Waals surface area (Å²) in [4.78, 5) is 42.3. The average Bonchev–Trinajstić information content (AvgIpc) is 3.21. The highest BCUT2D eigenvalue weighted by Crippen LogP contribution is 2.38. The number of rotatable bonds is 3. The van der Waals surface area contributed by atoms with Crippen LogP contribution in [0.25, 0.3) is 11.3 Å². The summed E-state index contributed by atoms with van der Waals surface area (Å²) in [5, 5.41) is 6.57. The first-order valence-corrected chi connectivity index (χ1v) is 9.42. The Morgan fingerprint density at radius 2 is 2.16 bits per heavy atom. The van der Waals surface area contributed by atoms with Crippen LogP contribution >= 0.6 is 23.1 Å². The second-order valence-corrected chi connectivity index (χ2v) is 8.18. The second-order valence-electron chi connectivity index (χ2n) is 5.94. The zero-order valence-corrected chi connectivity index (χ0v) is 15.2. The lowest BCUT2D eigenvalue weighted by Crippen LogP contribution is -2.29. The molecule has 0 spiro atoms. The maximum Gasteiger partial charge on any atom is 0.288 e. The predicted molar refractivity (Wildman–Crippen MR) is 94.5 cm³/mol. The molecule has 0 saturated carbocycles. The van der Waals surface area contributed by atoms with Crippen LogP contribution in [0.15, 0.2) is 6.20 Å². The van der Waals surface area contributed by atoms with Gasteiger partial charge in [0.1, 0.15) is 5.25 Å². The van der Waals surface area contributed by atoms with E-state index in [1.807, 2.05) is 11.7 Å². The lowest BCUT2D eigenvalue weighted by Gasteiger charge is -2.10. The van der Waals surface area contributed by atoms with Gasteiger partial charge in [0.2, 0.25) is 11.8 Å². The number of hydrogen-bond donors (Lipinski definition) is 1. The number of hydrogen-bond acceptors (Lipinski definition) is 7. The van der Waals surface area contributed by atoms with Gasteiger partial charge in [0.05, 0.1) is 11.9 Å². The number of aromatic nitrogens is 3. The van der Waals surface area contributed by atoms with Crippen LogP contribution in [0.3, 0.4) is 0 Å². The third-order valence-electron chi connectivity index (χ3n) is 4.34. The van der Waals surface area contributed by atoms with Crippen molar-refractivity contribution in [2.75, 3.05) is 12.4 Å². The van der Waals surface area contributed by atoms with Gasteiger partial charge < -0.3 is 5.32 Å². The number of fused-ring (bicyclic) bond motifs is 3. The molecule has 2 aliphatic rings. The third-order valence-corrected chi connectivity index (χ3v) is 6.50. The van der Waals surface area contributed by atoms with Crippen LogP contribution in [0.2, 0.25) is 0 Å². The number of carbonyl (C=O) groups excluding carboxylic acids is 3. The minimum absolute atomic E-state index is 0.0397. The normalized spacial score (nSPS) is 19.1. The summed E-state index contributed by atoms with van der Waals surface area (Å²) in [5.74, 6) is -0.643. The standard InChI is InChI=1S/C15H15N5O3S2/c1-19-13(22)10(25-15(19)23)5-11(21)17-14-18-12-7-6-16-20(2)8(7)3-4-9(12)24-14/h6,10H,3-5H2,1-2H3,(H,17,18,21)/t10-/m1/s1. The molecule has 1 N–H and O–H groups in total. The molecule has 4 rings (SSSR count). The van der Waals surface area contributed by atoms with Gasteiger partial charge >= 0.3 is 0 Å². The number of nitrogens with one attached hydrogen (secondary N) is 1. The molecule has 0 aromatic carbocycles. The molecule has 1 aliphatic carbocycles. The van der Waals surface area contributed by atoms with Crippen LogP contribution in [-0.4, -0.2) is 49.0 Å². The molecule has 1 fully saturated rings. The molecule has 3 amide bonds. The fourth-order valence-electron chi connectivity index (χ4n) is 3.00. The smallest absolute Gasteiger partial charge is 0.288 e. The number of anilines is 1. The quantitative estimate of drug-likeness (QED) is 0.874. The van der Waals surface area contributed by atoms with E-state index in [9.17, 15) is 14.4 Å². The van der Waals surface area contributed by atoms with Crippen molar-refractivity contribution >= 4 is 45.3 Å². The minimum atomic E-state index is -0.656. The van der Waals surface area contributed by atoms with E-state index < -0.39 is 5.25 Å². The Hall–Kier alpha value is -2.20. The molecule has 0 bridgehead atoms. The highest BCUT2D eigenvalue weighted by Gasteiger charge is 2.38. The van der Waals surface area contributed by atoms with Gasteiger partial charge in [0, 0.05) is 36.7 Å². The Labute approximate surface area is 151 Å². The van der Waals surface area contributed by atoms with E-state index in [0.29, 0.717) is 5.13 Å². The van der Waals surface area contributed by atoms with Gasteiger partial charge in [-0.3, -0.25) is 24.0 Å². The second kappa shape index (κ2) is 5.95. The molecule has 2 aromatic rings. The third kappa shape index (κ3) is 2.74. The number of thioether (sulfide) groups is 1. The van der Waals surface area contributed by atoms with Gasteiger partial charge in [-0.15, -0.1) is 11.3 Å². The number of nitrogens with zero attached hydrogens (tertiary/aromatic N) is 4. The van der Waals surface area contributed by atoms with Crippen molar-refractivity contribution in [3.8, 4) is 11.3 Å². The lowest BCUT2D eigenvalue weighted by atomic mass is 10.0. The van der Waals surface area contributed by atoms with E-state index in [0.717, 1.165) is 51.3 Å². The summed E-state index contributed by atoms with van der Waals surface area (Å²) in [6.07, 6.45) is 3.53. The maximum absolute atomic E-state index is 12.2. The van der Waals surface area contributed by atoms with Crippen LogP contribution in [-0.2, 0) is 29.5 Å². The van der Waals surface area contributed by atoms with Crippen molar-refractivity contribution in [1.82, 2.24) is 19.7 Å². The van der Waals surface area contributed by atoms with Crippen molar-refractivity contribution in [2.45, 2.75) is 24.5 Å². The first-order chi connectivity index (χ1) is 11.9. The maximum atomic E-state index is 12.2. The molecule has 1 aliphatic heterocycles. The molecule has 25 heavy (non-hydrogen) atoms. The number of amides is 3. The molecular formula is C15H15N5O3S2. The van der Waals surface area contributed by atoms with Crippen LogP contribution in [0, 0.1) is 0 Å². The zero-order chi connectivity index (χ0) is 17.7. The van der Waals surface area contributed by atoms with E-state index in [4.69, 9.17) is 0 Å². The van der Waals surface area contributed by atoms with Gasteiger partial charge in [0.25, 0.3) is 5.24 Å². The molecule has 1 atom stereocenters. The van der Waals surface area contributed by atoms with E-state index >= 15 is 0 Å². The number of imide groups is 1. The minimum Gasteiger partial charge on any atom is -0.302 e. The Bertz CT molecular complexity index is 903. The Morgan fingerprint density at radius 1 is 1.36 bits per heavy atom. The fraction of sp³-hybridized carbons (Fsp3) is 0.400. The molecule has 0 radical (unpaired) electrons. The molecule has 2 aromatic heterocycles. The molecular weight excluding hydrogens is 362 g/mol. The van der Waals surface area contributed by atoms with Crippen LogP contribution in [0.1, 0.15) is 17.0 Å². The fourth-order valence-corrected chi connectivity index (χ4v) is 4.98. The van der Waals surface area contributed by atoms with Gasteiger partial charge in [-0.2, -0.15) is 5.10 Å². The first kappa shape index (κ1) is 16.3. The van der Waals surface area contributed by atoms with E-state index in [1.165, 1.54) is 18.4 Å². The van der Waals surface area contributed by atoms with E-state index in [1.54, 1.807) is 6.20 Å². The largest absolute Gasteiger partial charge is 0.302 e. The van der Waals surface area contributed by atoms with Gasteiger partial charge in [-0.1, -0.05) is 11.8 Å². The average molecular weight is 377 g/mol. The topological polar surface area (TPSA) is 97.2 Å². The number of carbonyl (C=O) groups is 3. The molecule has 0 unspecified atom stereocenters.